The van der Waals surface area contributed by atoms with Gasteiger partial charge < -0.3 is 10.1 Å². The number of amides is 1. The summed E-state index contributed by atoms with van der Waals surface area (Å²) in [6.07, 6.45) is 1.29. The third kappa shape index (κ3) is 4.38. The second kappa shape index (κ2) is 8.80. The van der Waals surface area contributed by atoms with E-state index >= 15 is 0 Å². The molecule has 4 aromatic rings. The lowest BCUT2D eigenvalue weighted by Crippen LogP contribution is -2.28. The molecule has 0 saturated carbocycles. The third-order valence-corrected chi connectivity index (χ3v) is 4.83. The highest BCUT2D eigenvalue weighted by molar-refractivity contribution is 5.97. The van der Waals surface area contributed by atoms with Crippen molar-refractivity contribution in [3.05, 3.63) is 76.3 Å². The predicted octanol–water partition coefficient (Wildman–Crippen LogP) is 1.89. The average Bonchev–Trinajstić information content (AvgIpc) is 3.19. The Morgan fingerprint density at radius 1 is 1.12 bits per heavy atom. The van der Waals surface area contributed by atoms with Crippen molar-refractivity contribution < 1.29 is 14.3 Å². The maximum atomic E-state index is 12.8. The van der Waals surface area contributed by atoms with E-state index in [1.54, 1.807) is 31.4 Å². The molecule has 1 amide bonds. The maximum Gasteiger partial charge on any atom is 0.283 e. The molecule has 1 N–H and O–H groups in total. The van der Waals surface area contributed by atoms with Gasteiger partial charge in [-0.3, -0.25) is 19.0 Å². The summed E-state index contributed by atoms with van der Waals surface area (Å²) in [6.45, 7) is 1.55. The highest BCUT2D eigenvalue weighted by atomic mass is 16.5. The van der Waals surface area contributed by atoms with Crippen LogP contribution in [-0.4, -0.2) is 43.3 Å². The van der Waals surface area contributed by atoms with E-state index in [1.807, 2.05) is 24.3 Å². The van der Waals surface area contributed by atoms with Gasteiger partial charge in [-0.25, -0.2) is 9.67 Å². The number of methoxy groups -OCH3 is 1. The maximum absolute atomic E-state index is 12.8. The lowest BCUT2D eigenvalue weighted by molar-refractivity contribution is -0.116. The molecular formula is C22H20N6O4. The number of carbonyl (C=O) groups is 2. The van der Waals surface area contributed by atoms with Crippen molar-refractivity contribution in [2.45, 2.75) is 20.0 Å². The van der Waals surface area contributed by atoms with Crippen LogP contribution in [-0.2, 0) is 17.9 Å². The van der Waals surface area contributed by atoms with Crippen LogP contribution in [0.25, 0.3) is 11.2 Å². The monoisotopic (exact) mass is 432 g/mol. The van der Waals surface area contributed by atoms with Crippen LogP contribution in [0.15, 0.2) is 59.7 Å². The van der Waals surface area contributed by atoms with E-state index in [1.165, 1.54) is 17.9 Å². The van der Waals surface area contributed by atoms with Crippen molar-refractivity contribution in [1.29, 1.82) is 0 Å². The molecule has 4 rings (SSSR count). The summed E-state index contributed by atoms with van der Waals surface area (Å²) in [6, 6.07) is 14.0. The van der Waals surface area contributed by atoms with Crippen molar-refractivity contribution in [2.24, 2.45) is 0 Å². The third-order valence-electron chi connectivity index (χ3n) is 4.83. The van der Waals surface area contributed by atoms with Gasteiger partial charge in [0.15, 0.2) is 16.9 Å². The number of hydrogen-bond donors (Lipinski definition) is 1. The number of hydrogen-bond acceptors (Lipinski definition) is 7. The zero-order valence-electron chi connectivity index (χ0n) is 17.5. The summed E-state index contributed by atoms with van der Waals surface area (Å²) >= 11 is 0. The Labute approximate surface area is 182 Å². The number of benzene rings is 2. The normalized spacial score (nSPS) is 10.8. The van der Waals surface area contributed by atoms with Crippen LogP contribution >= 0.6 is 0 Å². The molecule has 0 unspecified atom stereocenters. The Balaban J connectivity index is 1.53. The van der Waals surface area contributed by atoms with Crippen LogP contribution in [0.1, 0.15) is 22.8 Å². The van der Waals surface area contributed by atoms with Gasteiger partial charge in [0, 0.05) is 11.3 Å². The Morgan fingerprint density at radius 3 is 2.72 bits per heavy atom. The van der Waals surface area contributed by atoms with Gasteiger partial charge >= 0.3 is 0 Å². The molecular weight excluding hydrogens is 412 g/mol. The molecule has 0 spiro atoms. The summed E-state index contributed by atoms with van der Waals surface area (Å²) in [5, 5.41) is 10.7. The standard InChI is InChI=1S/C22H20N6O4/c1-14(29)16-6-4-7-17(10-16)24-19(30)12-27-13-23-21-20(22(27)31)25-26-28(21)11-15-5-3-8-18(9-15)32-2/h3-10,13H,11-12H2,1-2H3,(H,24,30). The number of aromatic nitrogens is 5. The molecule has 0 radical (unpaired) electrons. The second-order valence-corrected chi connectivity index (χ2v) is 7.13. The van der Waals surface area contributed by atoms with Gasteiger partial charge in [-0.2, -0.15) is 0 Å². The molecule has 0 atom stereocenters. The van der Waals surface area contributed by atoms with Crippen LogP contribution in [0.5, 0.6) is 5.75 Å². The van der Waals surface area contributed by atoms with Gasteiger partial charge in [0.2, 0.25) is 5.91 Å². The lowest BCUT2D eigenvalue weighted by atomic mass is 10.1. The quantitative estimate of drug-likeness (QED) is 0.443. The summed E-state index contributed by atoms with van der Waals surface area (Å²) in [7, 11) is 1.59. The van der Waals surface area contributed by atoms with Crippen molar-refractivity contribution in [3.63, 3.8) is 0 Å². The van der Waals surface area contributed by atoms with Crippen LogP contribution < -0.4 is 15.6 Å². The molecule has 32 heavy (non-hydrogen) atoms. The summed E-state index contributed by atoms with van der Waals surface area (Å²) < 4.78 is 7.91. The van der Waals surface area contributed by atoms with Crippen LogP contribution in [0, 0.1) is 0 Å². The van der Waals surface area contributed by atoms with Crippen LogP contribution in [0.3, 0.4) is 0 Å². The first-order valence-electron chi connectivity index (χ1n) is 9.77. The number of anilines is 1. The number of nitrogens with zero attached hydrogens (tertiary/aromatic N) is 5. The van der Waals surface area contributed by atoms with E-state index in [4.69, 9.17) is 4.74 Å². The second-order valence-electron chi connectivity index (χ2n) is 7.13. The highest BCUT2D eigenvalue weighted by Gasteiger charge is 2.14. The molecule has 0 aliphatic carbocycles. The topological polar surface area (TPSA) is 121 Å². The number of fused-ring (bicyclic) bond motifs is 1. The molecule has 0 aliphatic heterocycles. The average molecular weight is 432 g/mol. The fraction of sp³-hybridized carbons (Fsp3) is 0.182. The van der Waals surface area contributed by atoms with Crippen molar-refractivity contribution >= 4 is 28.5 Å². The molecule has 0 saturated heterocycles. The zero-order valence-corrected chi connectivity index (χ0v) is 17.5. The molecule has 0 aliphatic rings. The van der Waals surface area contributed by atoms with Crippen LogP contribution in [0.2, 0.25) is 0 Å². The molecule has 0 fully saturated rings. The van der Waals surface area contributed by atoms with Crippen molar-refractivity contribution in [1.82, 2.24) is 24.5 Å². The van der Waals surface area contributed by atoms with E-state index in [2.05, 4.69) is 20.6 Å². The Hall–Kier alpha value is -4.34. The van der Waals surface area contributed by atoms with Gasteiger partial charge in [-0.1, -0.05) is 29.5 Å². The fourth-order valence-electron chi connectivity index (χ4n) is 3.22. The van der Waals surface area contributed by atoms with Crippen LogP contribution in [0.4, 0.5) is 5.69 Å². The molecule has 2 aromatic heterocycles. The van der Waals surface area contributed by atoms with Crippen molar-refractivity contribution in [3.8, 4) is 5.75 Å². The van der Waals surface area contributed by atoms with E-state index in [9.17, 15) is 14.4 Å². The lowest BCUT2D eigenvalue weighted by Gasteiger charge is -2.08. The van der Waals surface area contributed by atoms with E-state index in [-0.39, 0.29) is 17.8 Å². The van der Waals surface area contributed by atoms with E-state index < -0.39 is 11.5 Å². The summed E-state index contributed by atoms with van der Waals surface area (Å²) in [5.41, 5.74) is 1.78. The number of rotatable bonds is 7. The van der Waals surface area contributed by atoms with Gasteiger partial charge in [0.1, 0.15) is 18.6 Å². The number of ether oxygens (including phenoxy) is 1. The molecule has 2 aromatic carbocycles. The predicted molar refractivity (Wildman–Crippen MR) is 117 cm³/mol. The highest BCUT2D eigenvalue weighted by Crippen LogP contribution is 2.15. The van der Waals surface area contributed by atoms with Gasteiger partial charge in [-0.05, 0) is 36.8 Å². The zero-order chi connectivity index (χ0) is 22.7. The van der Waals surface area contributed by atoms with E-state index in [0.29, 0.717) is 29.2 Å². The number of Topliss-reactive ketones (excluding diaryl/α,β-unsaturated/α-hetero) is 1. The smallest absolute Gasteiger partial charge is 0.283 e. The largest absolute Gasteiger partial charge is 0.497 e. The number of nitrogens with one attached hydrogen (secondary N) is 1. The molecule has 2 heterocycles. The Bertz CT molecular complexity index is 1370. The molecule has 162 valence electrons. The molecule has 10 heteroatoms. The minimum Gasteiger partial charge on any atom is -0.497 e. The summed E-state index contributed by atoms with van der Waals surface area (Å²) in [4.78, 5) is 41.0. The SMILES string of the molecule is COc1cccc(Cn2nnc3c(=O)n(CC(=O)Nc4cccc(C(C)=O)c4)cnc32)c1. The summed E-state index contributed by atoms with van der Waals surface area (Å²) in [5.74, 6) is 0.170. The number of ketones is 1. The first-order valence-corrected chi connectivity index (χ1v) is 9.77. The Morgan fingerprint density at radius 2 is 1.94 bits per heavy atom. The van der Waals surface area contributed by atoms with Crippen molar-refractivity contribution in [2.75, 3.05) is 12.4 Å². The Kier molecular flexibility index (Phi) is 5.75. The minimum absolute atomic E-state index is 0.0711. The number of carbonyl (C=O) groups excluding carboxylic acids is 2. The van der Waals surface area contributed by atoms with Gasteiger partial charge in [-0.15, -0.1) is 5.10 Å². The molecule has 0 bridgehead atoms. The van der Waals surface area contributed by atoms with Gasteiger partial charge in [0.05, 0.1) is 13.7 Å². The first-order chi connectivity index (χ1) is 15.4. The fourth-order valence-corrected chi connectivity index (χ4v) is 3.22. The van der Waals surface area contributed by atoms with Gasteiger partial charge in [0.25, 0.3) is 5.56 Å². The minimum atomic E-state index is -0.473. The first kappa shape index (κ1) is 20.9. The molecule has 10 nitrogen and oxygen atoms in total. The van der Waals surface area contributed by atoms with E-state index in [0.717, 1.165) is 10.1 Å².